The quantitative estimate of drug-likeness (QED) is 0.590. The highest BCUT2D eigenvalue weighted by Gasteiger charge is 2.26. The molecule has 20 heavy (non-hydrogen) atoms. The number of piperidine rings is 1. The summed E-state index contributed by atoms with van der Waals surface area (Å²) in [4.78, 5) is 33.1. The largest absolute Gasteiger partial charge is 0.465 e. The predicted molar refractivity (Wildman–Crippen MR) is 74.5 cm³/mol. The molecule has 1 fully saturated rings. The van der Waals surface area contributed by atoms with Crippen molar-refractivity contribution >= 4 is 17.8 Å². The van der Waals surface area contributed by atoms with Crippen molar-refractivity contribution in [1.29, 1.82) is 0 Å². The van der Waals surface area contributed by atoms with Crippen molar-refractivity contribution in [2.45, 2.75) is 52.2 Å². The van der Waals surface area contributed by atoms with Crippen LogP contribution in [0.2, 0.25) is 0 Å². The molecule has 1 N–H and O–H groups in total. The van der Waals surface area contributed by atoms with Crippen LogP contribution >= 0.6 is 0 Å². The van der Waals surface area contributed by atoms with Gasteiger partial charge in [0.05, 0.1) is 0 Å². The van der Waals surface area contributed by atoms with Gasteiger partial charge in [-0.3, -0.25) is 4.79 Å². The number of carbonyl (C=O) groups is 3. The number of carbonyl (C=O) groups excluding carboxylic acids is 2. The first-order valence-corrected chi connectivity index (χ1v) is 6.43. The van der Waals surface area contributed by atoms with Crippen LogP contribution in [0.1, 0.15) is 40.5 Å². The third-order valence-electron chi connectivity index (χ3n) is 2.51. The normalized spacial score (nSPS) is 18.7. The van der Waals surface area contributed by atoms with Crippen LogP contribution in [0, 0.1) is 0 Å². The van der Waals surface area contributed by atoms with E-state index in [0.717, 1.165) is 6.08 Å². The van der Waals surface area contributed by atoms with Crippen molar-refractivity contribution in [3.63, 3.8) is 0 Å². The fraction of sp³-hybridized carbons (Fsp3) is 0.643. The van der Waals surface area contributed by atoms with Crippen LogP contribution in [-0.4, -0.2) is 46.0 Å². The van der Waals surface area contributed by atoms with Gasteiger partial charge in [0, 0.05) is 31.5 Å². The van der Waals surface area contributed by atoms with E-state index in [1.165, 1.54) is 4.90 Å². The highest BCUT2D eigenvalue weighted by molar-refractivity contribution is 5.82. The molecule has 1 heterocycles. The van der Waals surface area contributed by atoms with E-state index in [-0.39, 0.29) is 17.8 Å². The number of ketones is 1. The van der Waals surface area contributed by atoms with E-state index >= 15 is 0 Å². The number of esters is 1. The molecule has 1 atom stereocenters. The van der Waals surface area contributed by atoms with Crippen molar-refractivity contribution in [1.82, 2.24) is 4.90 Å². The summed E-state index contributed by atoms with van der Waals surface area (Å²) in [5.74, 6) is -0.211. The maximum atomic E-state index is 10.8. The molecule has 1 amide bonds. The van der Waals surface area contributed by atoms with Crippen molar-refractivity contribution in [2.75, 3.05) is 6.54 Å². The van der Waals surface area contributed by atoms with Crippen LogP contribution < -0.4 is 0 Å². The highest BCUT2D eigenvalue weighted by atomic mass is 16.6. The van der Waals surface area contributed by atoms with Crippen LogP contribution in [0.25, 0.3) is 0 Å². The zero-order valence-corrected chi connectivity index (χ0v) is 12.5. The number of amides is 1. The molecule has 1 aliphatic heterocycles. The Morgan fingerprint density at radius 1 is 1.45 bits per heavy atom. The van der Waals surface area contributed by atoms with Crippen LogP contribution in [0.15, 0.2) is 12.7 Å². The van der Waals surface area contributed by atoms with Gasteiger partial charge in [-0.2, -0.15) is 0 Å². The Morgan fingerprint density at radius 2 is 2.00 bits per heavy atom. The molecule has 114 valence electrons. The molecule has 0 saturated carbocycles. The van der Waals surface area contributed by atoms with Crippen molar-refractivity contribution in [3.8, 4) is 0 Å². The fourth-order valence-corrected chi connectivity index (χ4v) is 1.63. The summed E-state index contributed by atoms with van der Waals surface area (Å²) in [6.07, 6.45) is 0.971. The lowest BCUT2D eigenvalue weighted by Crippen LogP contribution is -2.44. The summed E-state index contributed by atoms with van der Waals surface area (Å²) in [5.41, 5.74) is -0.398. The lowest BCUT2D eigenvalue weighted by atomic mass is 10.0. The van der Waals surface area contributed by atoms with E-state index in [4.69, 9.17) is 9.84 Å². The number of nitrogens with zero attached hydrogens (tertiary/aromatic N) is 1. The summed E-state index contributed by atoms with van der Waals surface area (Å²) in [5, 5.41) is 8.61. The van der Waals surface area contributed by atoms with Gasteiger partial charge in [0.2, 0.25) is 0 Å². The molecule has 1 saturated heterocycles. The molecule has 1 aliphatic rings. The van der Waals surface area contributed by atoms with Crippen molar-refractivity contribution in [2.24, 2.45) is 0 Å². The van der Waals surface area contributed by atoms with E-state index in [1.807, 2.05) is 20.8 Å². The second kappa shape index (κ2) is 7.67. The Bertz CT molecular complexity index is 384. The molecule has 0 aromatic carbocycles. The molecule has 6 nitrogen and oxygen atoms in total. The SMILES string of the molecule is C=CC(=O)OC(C)(C)C.CC1CC(=O)CCN1C(=O)O. The first kappa shape index (κ1) is 18.1. The molecule has 1 unspecified atom stereocenters. The number of rotatable bonds is 1. The Labute approximate surface area is 119 Å². The van der Waals surface area contributed by atoms with E-state index in [1.54, 1.807) is 6.92 Å². The molecular weight excluding hydrogens is 262 g/mol. The van der Waals surface area contributed by atoms with Crippen molar-refractivity contribution < 1.29 is 24.2 Å². The number of hydrogen-bond donors (Lipinski definition) is 1. The molecule has 0 spiro atoms. The van der Waals surface area contributed by atoms with Gasteiger partial charge in [0.25, 0.3) is 0 Å². The Hall–Kier alpha value is -1.85. The van der Waals surface area contributed by atoms with Gasteiger partial charge in [-0.1, -0.05) is 6.58 Å². The summed E-state index contributed by atoms with van der Waals surface area (Å²) < 4.78 is 4.83. The molecule has 0 radical (unpaired) electrons. The fourth-order valence-electron chi connectivity index (χ4n) is 1.63. The van der Waals surface area contributed by atoms with Gasteiger partial charge in [0.1, 0.15) is 11.4 Å². The Kier molecular flexibility index (Phi) is 6.96. The maximum Gasteiger partial charge on any atom is 0.407 e. The average Bonchev–Trinajstić information content (AvgIpc) is 2.26. The van der Waals surface area contributed by atoms with E-state index < -0.39 is 11.7 Å². The first-order valence-electron chi connectivity index (χ1n) is 6.43. The number of ether oxygens (including phenoxy) is 1. The predicted octanol–water partition coefficient (Wildman–Crippen LogP) is 2.23. The van der Waals surface area contributed by atoms with Crippen LogP contribution in [0.3, 0.4) is 0 Å². The molecule has 1 rings (SSSR count). The van der Waals surface area contributed by atoms with Gasteiger partial charge in [-0.25, -0.2) is 9.59 Å². The molecule has 0 bridgehead atoms. The monoisotopic (exact) mass is 285 g/mol. The van der Waals surface area contributed by atoms with E-state index in [2.05, 4.69) is 6.58 Å². The van der Waals surface area contributed by atoms with E-state index in [0.29, 0.717) is 19.4 Å². The third-order valence-corrected chi connectivity index (χ3v) is 2.51. The number of likely N-dealkylation sites (tertiary alicyclic amines) is 1. The lowest BCUT2D eigenvalue weighted by Gasteiger charge is -2.29. The van der Waals surface area contributed by atoms with Gasteiger partial charge in [-0.05, 0) is 27.7 Å². The zero-order valence-electron chi connectivity index (χ0n) is 12.5. The minimum Gasteiger partial charge on any atom is -0.465 e. The minimum atomic E-state index is -0.926. The van der Waals surface area contributed by atoms with Gasteiger partial charge >= 0.3 is 12.1 Å². The van der Waals surface area contributed by atoms with Crippen LogP contribution in [0.4, 0.5) is 4.79 Å². The molecule has 0 aromatic heterocycles. The van der Waals surface area contributed by atoms with Crippen molar-refractivity contribution in [3.05, 3.63) is 12.7 Å². The standard InChI is InChI=1S/C7H11NO3.C7H12O2/c1-5-4-6(9)2-3-8(5)7(10)11;1-5-6(8)9-7(2,3)4/h5H,2-4H2,1H3,(H,10,11);5H,1H2,2-4H3. The lowest BCUT2D eigenvalue weighted by molar-refractivity contribution is -0.148. The second-order valence-electron chi connectivity index (χ2n) is 5.56. The zero-order chi connectivity index (χ0) is 15.9. The van der Waals surface area contributed by atoms with E-state index in [9.17, 15) is 14.4 Å². The van der Waals surface area contributed by atoms with Gasteiger partial charge < -0.3 is 14.7 Å². The second-order valence-corrected chi connectivity index (χ2v) is 5.56. The van der Waals surface area contributed by atoms with Gasteiger partial charge in [0.15, 0.2) is 0 Å². The summed E-state index contributed by atoms with van der Waals surface area (Å²) in [7, 11) is 0. The molecule has 6 heteroatoms. The molecule has 0 aliphatic carbocycles. The topological polar surface area (TPSA) is 83.9 Å². The molecular formula is C14H23NO5. The summed E-state index contributed by atoms with van der Waals surface area (Å²) in [6.45, 7) is 10.8. The summed E-state index contributed by atoms with van der Waals surface area (Å²) in [6, 6.07) is -0.145. The van der Waals surface area contributed by atoms with Crippen LogP contribution in [0.5, 0.6) is 0 Å². The third kappa shape index (κ3) is 7.56. The molecule has 0 aromatic rings. The van der Waals surface area contributed by atoms with Gasteiger partial charge in [-0.15, -0.1) is 0 Å². The average molecular weight is 285 g/mol. The summed E-state index contributed by atoms with van der Waals surface area (Å²) >= 11 is 0. The maximum absolute atomic E-state index is 10.8. The number of carboxylic acid groups (broad SMARTS) is 1. The Morgan fingerprint density at radius 3 is 2.30 bits per heavy atom. The van der Waals surface area contributed by atoms with Crippen LogP contribution in [-0.2, 0) is 14.3 Å². The number of hydrogen-bond acceptors (Lipinski definition) is 4. The Balaban J connectivity index is 0.000000370. The first-order chi connectivity index (χ1) is 9.06. The highest BCUT2D eigenvalue weighted by Crippen LogP contribution is 2.13. The number of Topliss-reactive ketones (excluding diaryl/α,β-unsaturated/α-hetero) is 1. The smallest absolute Gasteiger partial charge is 0.407 e. The minimum absolute atomic E-state index is 0.145.